The Morgan fingerprint density at radius 1 is 0.844 bits per heavy atom. The molecule has 1 fully saturated rings. The van der Waals surface area contributed by atoms with Crippen molar-refractivity contribution in [3.8, 4) is 11.1 Å². The number of aryl methyl sites for hydroxylation is 2. The van der Waals surface area contributed by atoms with Crippen molar-refractivity contribution >= 4 is 44.7 Å². The molecular weight excluding hydrogens is 436 g/mol. The minimum Gasteiger partial charge on any atom is -0.368 e. The molecule has 32 heavy (non-hydrogen) atoms. The summed E-state index contributed by atoms with van der Waals surface area (Å²) in [6, 6.07) is 19.6. The van der Waals surface area contributed by atoms with Gasteiger partial charge in [0.15, 0.2) is 0 Å². The molecule has 2 aromatic heterocycles. The van der Waals surface area contributed by atoms with E-state index in [0.717, 1.165) is 55.1 Å². The average Bonchev–Trinajstić information content (AvgIpc) is 3.22. The van der Waals surface area contributed by atoms with Gasteiger partial charge >= 0.3 is 0 Å². The van der Waals surface area contributed by atoms with Crippen molar-refractivity contribution in [2.24, 2.45) is 0 Å². The highest BCUT2D eigenvalue weighted by Crippen LogP contribution is 2.43. The number of piperazine rings is 1. The predicted octanol–water partition coefficient (Wildman–Crippen LogP) is 6.46. The predicted molar refractivity (Wildman–Crippen MR) is 137 cm³/mol. The topological polar surface area (TPSA) is 32.3 Å². The van der Waals surface area contributed by atoms with E-state index < -0.39 is 0 Å². The van der Waals surface area contributed by atoms with Crippen LogP contribution in [0.25, 0.3) is 21.3 Å². The van der Waals surface area contributed by atoms with Crippen LogP contribution in [0.1, 0.15) is 24.3 Å². The van der Waals surface area contributed by atoms with Crippen molar-refractivity contribution in [1.29, 1.82) is 0 Å². The SMILES string of the molecule is CCc1ccc(-c2c(CC)sc3nc(Cl)nc(N4CCN(c5ccccc5)CC4)c23)cc1. The van der Waals surface area contributed by atoms with Gasteiger partial charge in [0, 0.05) is 42.3 Å². The zero-order valence-corrected chi connectivity index (χ0v) is 20.1. The van der Waals surface area contributed by atoms with E-state index in [0.29, 0.717) is 5.28 Å². The zero-order valence-electron chi connectivity index (χ0n) is 18.5. The Hall–Kier alpha value is -2.63. The molecule has 3 heterocycles. The van der Waals surface area contributed by atoms with Crippen LogP contribution < -0.4 is 9.80 Å². The number of anilines is 2. The van der Waals surface area contributed by atoms with E-state index in [4.69, 9.17) is 16.6 Å². The van der Waals surface area contributed by atoms with Crippen LogP contribution in [-0.4, -0.2) is 36.1 Å². The van der Waals surface area contributed by atoms with Gasteiger partial charge in [0.2, 0.25) is 5.28 Å². The molecule has 4 nitrogen and oxygen atoms in total. The number of aromatic nitrogens is 2. The van der Waals surface area contributed by atoms with Gasteiger partial charge in [0.05, 0.1) is 5.39 Å². The van der Waals surface area contributed by atoms with Gasteiger partial charge in [-0.1, -0.05) is 56.3 Å². The van der Waals surface area contributed by atoms with Crippen LogP contribution in [0.5, 0.6) is 0 Å². The monoisotopic (exact) mass is 462 g/mol. The number of thiophene rings is 1. The van der Waals surface area contributed by atoms with Crippen molar-refractivity contribution in [3.05, 3.63) is 70.3 Å². The minimum absolute atomic E-state index is 0.328. The lowest BCUT2D eigenvalue weighted by Gasteiger charge is -2.37. The van der Waals surface area contributed by atoms with Gasteiger partial charge in [-0.3, -0.25) is 0 Å². The summed E-state index contributed by atoms with van der Waals surface area (Å²) in [6.07, 6.45) is 2.01. The number of benzene rings is 2. The van der Waals surface area contributed by atoms with E-state index in [1.807, 2.05) is 0 Å². The number of hydrogen-bond donors (Lipinski definition) is 0. The number of nitrogens with zero attached hydrogens (tertiary/aromatic N) is 4. The van der Waals surface area contributed by atoms with Crippen LogP contribution in [0.3, 0.4) is 0 Å². The molecule has 1 aliphatic heterocycles. The van der Waals surface area contributed by atoms with Crippen molar-refractivity contribution in [1.82, 2.24) is 9.97 Å². The van der Waals surface area contributed by atoms with Crippen molar-refractivity contribution in [2.45, 2.75) is 26.7 Å². The molecule has 1 saturated heterocycles. The van der Waals surface area contributed by atoms with Crippen LogP contribution in [0.4, 0.5) is 11.5 Å². The number of hydrogen-bond acceptors (Lipinski definition) is 5. The molecular formula is C26H27ClN4S. The van der Waals surface area contributed by atoms with Crippen molar-refractivity contribution in [2.75, 3.05) is 36.0 Å². The molecule has 0 saturated carbocycles. The van der Waals surface area contributed by atoms with Gasteiger partial charge in [0.1, 0.15) is 10.6 Å². The molecule has 0 N–H and O–H groups in total. The lowest BCUT2D eigenvalue weighted by atomic mass is 10.00. The molecule has 6 heteroatoms. The standard InChI is InChI=1S/C26H27ClN4S/c1-3-18-10-12-19(13-11-18)22-21(4-2)32-25-23(22)24(28-26(27)29-25)31-16-14-30(15-17-31)20-8-6-5-7-9-20/h5-13H,3-4,14-17H2,1-2H3. The first-order valence-corrected chi connectivity index (χ1v) is 12.5. The van der Waals surface area contributed by atoms with Gasteiger partial charge in [-0.15, -0.1) is 11.3 Å². The summed E-state index contributed by atoms with van der Waals surface area (Å²) >= 11 is 8.15. The Kier molecular flexibility index (Phi) is 6.03. The Morgan fingerprint density at radius 2 is 1.53 bits per heavy atom. The molecule has 5 rings (SSSR count). The Labute approximate surface area is 198 Å². The molecule has 0 bridgehead atoms. The van der Waals surface area contributed by atoms with Crippen LogP contribution in [-0.2, 0) is 12.8 Å². The van der Waals surface area contributed by atoms with Gasteiger partial charge in [-0.25, -0.2) is 4.98 Å². The summed E-state index contributed by atoms with van der Waals surface area (Å²) < 4.78 is 0. The smallest absolute Gasteiger partial charge is 0.225 e. The fourth-order valence-electron chi connectivity index (χ4n) is 4.51. The molecule has 0 atom stereocenters. The molecule has 0 spiro atoms. The second-order valence-electron chi connectivity index (χ2n) is 8.11. The second-order valence-corrected chi connectivity index (χ2v) is 9.53. The van der Waals surface area contributed by atoms with E-state index in [9.17, 15) is 0 Å². The number of rotatable bonds is 5. The van der Waals surface area contributed by atoms with E-state index in [-0.39, 0.29) is 0 Å². The Morgan fingerprint density at radius 3 is 2.19 bits per heavy atom. The number of halogens is 1. The van der Waals surface area contributed by atoms with E-state index in [1.165, 1.54) is 27.3 Å². The zero-order chi connectivity index (χ0) is 22.1. The maximum Gasteiger partial charge on any atom is 0.225 e. The summed E-state index contributed by atoms with van der Waals surface area (Å²) in [5, 5.41) is 1.48. The molecule has 0 unspecified atom stereocenters. The average molecular weight is 463 g/mol. The molecule has 0 amide bonds. The minimum atomic E-state index is 0.328. The lowest BCUT2D eigenvalue weighted by molar-refractivity contribution is 0.649. The highest BCUT2D eigenvalue weighted by molar-refractivity contribution is 7.19. The number of para-hydroxylation sites is 1. The highest BCUT2D eigenvalue weighted by Gasteiger charge is 2.25. The molecule has 0 radical (unpaired) electrons. The van der Waals surface area contributed by atoms with E-state index in [1.54, 1.807) is 11.3 Å². The lowest BCUT2D eigenvalue weighted by Crippen LogP contribution is -2.47. The molecule has 164 valence electrons. The van der Waals surface area contributed by atoms with Gasteiger partial charge in [-0.2, -0.15) is 4.98 Å². The molecule has 4 aromatic rings. The van der Waals surface area contributed by atoms with Crippen LogP contribution in [0.2, 0.25) is 5.28 Å². The third kappa shape index (κ3) is 3.96. The third-order valence-electron chi connectivity index (χ3n) is 6.25. The Bertz CT molecular complexity index is 1210. The first-order chi connectivity index (χ1) is 15.7. The number of fused-ring (bicyclic) bond motifs is 1. The fraction of sp³-hybridized carbons (Fsp3) is 0.308. The molecule has 1 aliphatic rings. The summed E-state index contributed by atoms with van der Waals surface area (Å²) in [5.41, 5.74) is 5.13. The third-order valence-corrected chi connectivity index (χ3v) is 7.65. The van der Waals surface area contributed by atoms with Crippen LogP contribution >= 0.6 is 22.9 Å². The van der Waals surface area contributed by atoms with Gasteiger partial charge in [-0.05, 0) is 47.7 Å². The summed E-state index contributed by atoms with van der Waals surface area (Å²) in [7, 11) is 0. The Balaban J connectivity index is 1.55. The summed E-state index contributed by atoms with van der Waals surface area (Å²) in [6.45, 7) is 8.13. The normalized spacial score (nSPS) is 14.3. The second kappa shape index (κ2) is 9.08. The summed E-state index contributed by atoms with van der Waals surface area (Å²) in [4.78, 5) is 16.5. The largest absolute Gasteiger partial charge is 0.368 e. The highest BCUT2D eigenvalue weighted by atomic mass is 35.5. The van der Waals surface area contributed by atoms with Gasteiger partial charge < -0.3 is 9.80 Å². The van der Waals surface area contributed by atoms with E-state index in [2.05, 4.69) is 83.2 Å². The summed E-state index contributed by atoms with van der Waals surface area (Å²) in [5.74, 6) is 0.971. The van der Waals surface area contributed by atoms with Crippen molar-refractivity contribution in [3.63, 3.8) is 0 Å². The fourth-order valence-corrected chi connectivity index (χ4v) is 5.85. The maximum atomic E-state index is 6.41. The van der Waals surface area contributed by atoms with Crippen molar-refractivity contribution < 1.29 is 0 Å². The first kappa shape index (κ1) is 21.2. The van der Waals surface area contributed by atoms with Crippen LogP contribution in [0.15, 0.2) is 54.6 Å². The van der Waals surface area contributed by atoms with E-state index >= 15 is 0 Å². The first-order valence-electron chi connectivity index (χ1n) is 11.3. The maximum absolute atomic E-state index is 6.41. The van der Waals surface area contributed by atoms with Crippen LogP contribution in [0, 0.1) is 0 Å². The molecule has 0 aliphatic carbocycles. The molecule has 2 aromatic carbocycles. The van der Waals surface area contributed by atoms with Gasteiger partial charge in [0.25, 0.3) is 0 Å². The quantitative estimate of drug-likeness (QED) is 0.318.